The van der Waals surface area contributed by atoms with Crippen LogP contribution in [0.5, 0.6) is 0 Å². The molecule has 1 N–H and O–H groups in total. The van der Waals surface area contributed by atoms with Gasteiger partial charge in [-0.05, 0) is 39.0 Å². The number of piperidine rings is 1. The smallest absolute Gasteiger partial charge is 0.254 e. The zero-order chi connectivity index (χ0) is 18.5. The lowest BCUT2D eigenvalue weighted by Crippen LogP contribution is -2.43. The third-order valence-corrected chi connectivity index (χ3v) is 5.28. The van der Waals surface area contributed by atoms with Gasteiger partial charge in [-0.15, -0.1) is 0 Å². The number of carbonyl (C=O) groups is 1. The van der Waals surface area contributed by atoms with E-state index in [2.05, 4.69) is 16.9 Å². The van der Waals surface area contributed by atoms with Crippen molar-refractivity contribution in [1.29, 1.82) is 0 Å². The van der Waals surface area contributed by atoms with Gasteiger partial charge in [-0.2, -0.15) is 0 Å². The van der Waals surface area contributed by atoms with Crippen LogP contribution in [0.2, 0.25) is 0 Å². The number of H-pyrrole nitrogens is 1. The van der Waals surface area contributed by atoms with Crippen LogP contribution in [0.1, 0.15) is 50.3 Å². The van der Waals surface area contributed by atoms with Crippen LogP contribution in [-0.2, 0) is 11.2 Å². The Hall–Kier alpha value is -2.43. The van der Waals surface area contributed by atoms with Crippen LogP contribution in [0, 0.1) is 6.92 Å². The first-order valence-electron chi connectivity index (χ1n) is 9.54. The molecule has 5 nitrogen and oxygen atoms in total. The van der Waals surface area contributed by atoms with Gasteiger partial charge in [-0.25, -0.2) is 4.98 Å². The standard InChI is InChI=1S/C21H27N3O2/c1-3-17-11-7-8-14-24(17)19(25)13-12-18-15(2)22-20(23-21(18)26)16-9-5-4-6-10-16/h4-6,9-10,17H,3,7-8,11-14H2,1-2H3,(H,22,23,26). The SMILES string of the molecule is CCC1CCCCN1C(=O)CCc1c(C)nc(-c2ccccc2)[nH]c1=O. The molecule has 1 unspecified atom stereocenters. The molecule has 0 bridgehead atoms. The second-order valence-corrected chi connectivity index (χ2v) is 6.99. The summed E-state index contributed by atoms with van der Waals surface area (Å²) >= 11 is 0. The summed E-state index contributed by atoms with van der Waals surface area (Å²) in [5.41, 5.74) is 2.05. The lowest BCUT2D eigenvalue weighted by Gasteiger charge is -2.35. The van der Waals surface area contributed by atoms with Gasteiger partial charge < -0.3 is 9.88 Å². The predicted molar refractivity (Wildman–Crippen MR) is 103 cm³/mol. The molecule has 1 aromatic carbocycles. The monoisotopic (exact) mass is 353 g/mol. The molecule has 1 saturated heterocycles. The molecule has 1 amide bonds. The minimum atomic E-state index is -0.144. The van der Waals surface area contributed by atoms with Crippen LogP contribution in [0.25, 0.3) is 11.4 Å². The van der Waals surface area contributed by atoms with Gasteiger partial charge >= 0.3 is 0 Å². The minimum absolute atomic E-state index is 0.144. The summed E-state index contributed by atoms with van der Waals surface area (Å²) < 4.78 is 0. The van der Waals surface area contributed by atoms with E-state index in [0.717, 1.165) is 31.4 Å². The maximum absolute atomic E-state index is 12.6. The number of likely N-dealkylation sites (tertiary alicyclic amines) is 1. The van der Waals surface area contributed by atoms with E-state index < -0.39 is 0 Å². The zero-order valence-electron chi connectivity index (χ0n) is 15.6. The molecule has 1 fully saturated rings. The highest BCUT2D eigenvalue weighted by molar-refractivity contribution is 5.77. The highest BCUT2D eigenvalue weighted by atomic mass is 16.2. The van der Waals surface area contributed by atoms with Gasteiger partial charge in [0.05, 0.1) is 0 Å². The molecule has 0 aliphatic carbocycles. The molecule has 1 aliphatic rings. The predicted octanol–water partition coefficient (Wildman–Crippen LogP) is 3.47. The van der Waals surface area contributed by atoms with Crippen LogP contribution < -0.4 is 5.56 Å². The maximum Gasteiger partial charge on any atom is 0.254 e. The van der Waals surface area contributed by atoms with Crippen LogP contribution in [-0.4, -0.2) is 33.4 Å². The Morgan fingerprint density at radius 1 is 1.27 bits per heavy atom. The Balaban J connectivity index is 1.72. The molecule has 138 valence electrons. The number of amides is 1. The number of benzene rings is 1. The lowest BCUT2D eigenvalue weighted by atomic mass is 9.99. The Labute approximate surface area is 154 Å². The summed E-state index contributed by atoms with van der Waals surface area (Å²) in [5, 5.41) is 0. The quantitative estimate of drug-likeness (QED) is 0.895. The van der Waals surface area contributed by atoms with E-state index in [0.29, 0.717) is 36.0 Å². The third-order valence-electron chi connectivity index (χ3n) is 5.28. The fourth-order valence-electron chi connectivity index (χ4n) is 3.77. The number of nitrogens with one attached hydrogen (secondary N) is 1. The summed E-state index contributed by atoms with van der Waals surface area (Å²) in [6, 6.07) is 9.96. The van der Waals surface area contributed by atoms with E-state index in [1.165, 1.54) is 6.42 Å². The van der Waals surface area contributed by atoms with Crippen molar-refractivity contribution in [3.63, 3.8) is 0 Å². The van der Waals surface area contributed by atoms with Gasteiger partial charge in [-0.1, -0.05) is 37.3 Å². The molecule has 2 aromatic rings. The molecule has 2 heterocycles. The van der Waals surface area contributed by atoms with Crippen molar-refractivity contribution < 1.29 is 4.79 Å². The highest BCUT2D eigenvalue weighted by Crippen LogP contribution is 2.21. The molecular formula is C21H27N3O2. The number of carbonyl (C=O) groups excluding carboxylic acids is 1. The molecule has 0 radical (unpaired) electrons. The largest absolute Gasteiger partial charge is 0.340 e. The number of hydrogen-bond donors (Lipinski definition) is 1. The highest BCUT2D eigenvalue weighted by Gasteiger charge is 2.25. The molecule has 0 saturated carbocycles. The first kappa shape index (κ1) is 18.4. The number of hydrogen-bond acceptors (Lipinski definition) is 3. The summed E-state index contributed by atoms with van der Waals surface area (Å²) in [7, 11) is 0. The number of rotatable bonds is 5. The number of aryl methyl sites for hydroxylation is 1. The van der Waals surface area contributed by atoms with Crippen molar-refractivity contribution >= 4 is 5.91 Å². The Kier molecular flexibility index (Phi) is 5.86. The lowest BCUT2D eigenvalue weighted by molar-refractivity contribution is -0.134. The van der Waals surface area contributed by atoms with E-state index in [1.807, 2.05) is 42.2 Å². The normalized spacial score (nSPS) is 17.3. The molecule has 3 rings (SSSR count). The third kappa shape index (κ3) is 4.03. The van der Waals surface area contributed by atoms with E-state index >= 15 is 0 Å². The van der Waals surface area contributed by atoms with E-state index in [4.69, 9.17) is 0 Å². The molecule has 1 atom stereocenters. The van der Waals surface area contributed by atoms with Gasteiger partial charge in [-0.3, -0.25) is 9.59 Å². The van der Waals surface area contributed by atoms with Crippen molar-refractivity contribution in [3.8, 4) is 11.4 Å². The molecule has 1 aliphatic heterocycles. The van der Waals surface area contributed by atoms with Crippen molar-refractivity contribution in [3.05, 3.63) is 51.9 Å². The second kappa shape index (κ2) is 8.30. The van der Waals surface area contributed by atoms with E-state index in [9.17, 15) is 9.59 Å². The molecule has 26 heavy (non-hydrogen) atoms. The summed E-state index contributed by atoms with van der Waals surface area (Å²) in [4.78, 5) is 34.6. The van der Waals surface area contributed by atoms with Crippen molar-refractivity contribution in [2.75, 3.05) is 6.54 Å². The first-order chi connectivity index (χ1) is 12.6. The van der Waals surface area contributed by atoms with Gasteiger partial charge in [0.1, 0.15) is 5.82 Å². The van der Waals surface area contributed by atoms with Gasteiger partial charge in [0, 0.05) is 35.8 Å². The van der Waals surface area contributed by atoms with Crippen LogP contribution in [0.15, 0.2) is 35.1 Å². The number of aromatic nitrogens is 2. The topological polar surface area (TPSA) is 66.1 Å². The molecule has 5 heteroatoms. The number of nitrogens with zero attached hydrogens (tertiary/aromatic N) is 2. The fourth-order valence-corrected chi connectivity index (χ4v) is 3.77. The Morgan fingerprint density at radius 2 is 2.04 bits per heavy atom. The molecule has 1 aromatic heterocycles. The summed E-state index contributed by atoms with van der Waals surface area (Å²) in [5.74, 6) is 0.729. The zero-order valence-corrected chi connectivity index (χ0v) is 15.6. The van der Waals surface area contributed by atoms with E-state index in [-0.39, 0.29) is 11.5 Å². The van der Waals surface area contributed by atoms with Crippen LogP contribution in [0.4, 0.5) is 0 Å². The summed E-state index contributed by atoms with van der Waals surface area (Å²) in [6.07, 6.45) is 5.18. The van der Waals surface area contributed by atoms with Crippen LogP contribution in [0.3, 0.4) is 0 Å². The summed E-state index contributed by atoms with van der Waals surface area (Å²) in [6.45, 7) is 4.83. The Bertz CT molecular complexity index is 814. The van der Waals surface area contributed by atoms with Gasteiger partial charge in [0.25, 0.3) is 5.56 Å². The number of aromatic amines is 1. The van der Waals surface area contributed by atoms with Crippen molar-refractivity contribution in [2.45, 2.75) is 58.4 Å². The molecule has 0 spiro atoms. The Morgan fingerprint density at radius 3 is 2.73 bits per heavy atom. The van der Waals surface area contributed by atoms with E-state index in [1.54, 1.807) is 0 Å². The fraction of sp³-hybridized carbons (Fsp3) is 0.476. The van der Waals surface area contributed by atoms with Crippen LogP contribution >= 0.6 is 0 Å². The van der Waals surface area contributed by atoms with Gasteiger partial charge in [0.15, 0.2) is 0 Å². The van der Waals surface area contributed by atoms with Gasteiger partial charge in [0.2, 0.25) is 5.91 Å². The first-order valence-corrected chi connectivity index (χ1v) is 9.54. The average Bonchev–Trinajstić information content (AvgIpc) is 2.67. The minimum Gasteiger partial charge on any atom is -0.340 e. The maximum atomic E-state index is 12.6. The average molecular weight is 353 g/mol. The van der Waals surface area contributed by atoms with Crippen molar-refractivity contribution in [2.24, 2.45) is 0 Å². The second-order valence-electron chi connectivity index (χ2n) is 6.99. The van der Waals surface area contributed by atoms with Crippen molar-refractivity contribution in [1.82, 2.24) is 14.9 Å². The molecular weight excluding hydrogens is 326 g/mol.